The Hall–Kier alpha value is -3.21. The number of benzene rings is 2. The summed E-state index contributed by atoms with van der Waals surface area (Å²) in [6.07, 6.45) is -0.931. The maximum Gasteiger partial charge on any atom is 0.339 e. The predicted octanol–water partition coefficient (Wildman–Crippen LogP) is 4.65. The van der Waals surface area contributed by atoms with E-state index in [9.17, 15) is 9.59 Å². The molecule has 0 bridgehead atoms. The molecular formula is C23H24N2O3. The molecule has 2 aromatic carbocycles. The molecule has 3 aromatic rings. The molecule has 0 spiro atoms. The molecule has 5 nitrogen and oxygen atoms in total. The van der Waals surface area contributed by atoms with E-state index in [2.05, 4.69) is 10.3 Å². The average molecular weight is 376 g/mol. The highest BCUT2D eigenvalue weighted by Crippen LogP contribution is 2.22. The molecule has 0 unspecified atom stereocenters. The molecule has 0 saturated heterocycles. The zero-order chi connectivity index (χ0) is 20.4. The van der Waals surface area contributed by atoms with Crippen LogP contribution in [0.25, 0.3) is 10.9 Å². The van der Waals surface area contributed by atoms with E-state index >= 15 is 0 Å². The van der Waals surface area contributed by atoms with Crippen molar-refractivity contribution in [3.05, 3.63) is 70.4 Å². The summed E-state index contributed by atoms with van der Waals surface area (Å²) in [5.74, 6) is -0.901. The molecule has 0 radical (unpaired) electrons. The lowest BCUT2D eigenvalue weighted by Crippen LogP contribution is -2.30. The minimum atomic E-state index is -0.931. The number of para-hydroxylation sites is 1. The largest absolute Gasteiger partial charge is 0.449 e. The highest BCUT2D eigenvalue weighted by Gasteiger charge is 2.22. The number of pyridine rings is 1. The molecule has 3 rings (SSSR count). The van der Waals surface area contributed by atoms with Crippen molar-refractivity contribution >= 4 is 28.5 Å². The van der Waals surface area contributed by atoms with Crippen LogP contribution in [0.15, 0.2) is 42.5 Å². The number of aromatic nitrogens is 1. The first-order chi connectivity index (χ1) is 13.3. The summed E-state index contributed by atoms with van der Waals surface area (Å²) >= 11 is 0. The first-order valence-electron chi connectivity index (χ1n) is 9.22. The third kappa shape index (κ3) is 4.03. The van der Waals surface area contributed by atoms with Crippen molar-refractivity contribution in [1.82, 2.24) is 4.98 Å². The summed E-state index contributed by atoms with van der Waals surface area (Å²) in [5.41, 5.74) is 5.54. The van der Waals surface area contributed by atoms with Crippen molar-refractivity contribution in [2.75, 3.05) is 5.32 Å². The van der Waals surface area contributed by atoms with Gasteiger partial charge >= 0.3 is 5.97 Å². The zero-order valence-corrected chi connectivity index (χ0v) is 16.8. The van der Waals surface area contributed by atoms with Crippen LogP contribution in [0, 0.1) is 27.7 Å². The van der Waals surface area contributed by atoms with Crippen LogP contribution < -0.4 is 5.32 Å². The molecule has 0 saturated carbocycles. The lowest BCUT2D eigenvalue weighted by atomic mass is 10.1. The van der Waals surface area contributed by atoms with E-state index in [-0.39, 0.29) is 5.91 Å². The number of rotatable bonds is 4. The summed E-state index contributed by atoms with van der Waals surface area (Å²) < 4.78 is 5.47. The van der Waals surface area contributed by atoms with Gasteiger partial charge in [0.15, 0.2) is 6.10 Å². The Labute approximate surface area is 164 Å². The molecule has 5 heteroatoms. The number of esters is 1. The molecule has 1 heterocycles. The number of aryl methyl sites for hydroxylation is 4. The van der Waals surface area contributed by atoms with Gasteiger partial charge in [0.1, 0.15) is 0 Å². The second kappa shape index (κ2) is 7.80. The first-order valence-corrected chi connectivity index (χ1v) is 9.22. The molecule has 1 atom stereocenters. The Balaban J connectivity index is 1.82. The van der Waals surface area contributed by atoms with E-state index in [0.717, 1.165) is 39.0 Å². The van der Waals surface area contributed by atoms with Gasteiger partial charge in [-0.2, -0.15) is 0 Å². The highest BCUT2D eigenvalue weighted by molar-refractivity contribution is 6.05. The van der Waals surface area contributed by atoms with Crippen molar-refractivity contribution in [3.8, 4) is 0 Å². The van der Waals surface area contributed by atoms with E-state index in [1.807, 2.05) is 64.1 Å². The van der Waals surface area contributed by atoms with E-state index in [0.29, 0.717) is 5.56 Å². The molecule has 1 N–H and O–H groups in total. The number of nitrogens with zero attached hydrogens (tertiary/aromatic N) is 1. The summed E-state index contributed by atoms with van der Waals surface area (Å²) in [6.45, 7) is 9.20. The smallest absolute Gasteiger partial charge is 0.339 e. The molecular weight excluding hydrogens is 352 g/mol. The number of fused-ring (bicyclic) bond motifs is 1. The molecule has 0 aliphatic carbocycles. The van der Waals surface area contributed by atoms with E-state index < -0.39 is 12.1 Å². The third-order valence-corrected chi connectivity index (χ3v) is 4.69. The van der Waals surface area contributed by atoms with E-state index in [1.165, 1.54) is 0 Å². The van der Waals surface area contributed by atoms with Crippen molar-refractivity contribution in [2.45, 2.75) is 40.7 Å². The number of amides is 1. The number of anilines is 1. The van der Waals surface area contributed by atoms with Gasteiger partial charge in [0.2, 0.25) is 0 Å². The first kappa shape index (κ1) is 19.5. The van der Waals surface area contributed by atoms with Crippen LogP contribution in [0.5, 0.6) is 0 Å². The summed E-state index contributed by atoms with van der Waals surface area (Å²) in [7, 11) is 0. The van der Waals surface area contributed by atoms with Crippen molar-refractivity contribution < 1.29 is 14.3 Å². The molecule has 1 aromatic heterocycles. The lowest BCUT2D eigenvalue weighted by Gasteiger charge is -2.17. The van der Waals surface area contributed by atoms with Crippen LogP contribution in [0.3, 0.4) is 0 Å². The Bertz CT molecular complexity index is 1050. The van der Waals surface area contributed by atoms with Crippen LogP contribution in [0.1, 0.15) is 39.7 Å². The Morgan fingerprint density at radius 3 is 2.36 bits per heavy atom. The molecule has 144 valence electrons. The fourth-order valence-corrected chi connectivity index (χ4v) is 3.15. The van der Waals surface area contributed by atoms with Gasteiger partial charge < -0.3 is 10.1 Å². The highest BCUT2D eigenvalue weighted by atomic mass is 16.5. The van der Waals surface area contributed by atoms with Gasteiger partial charge in [-0.05, 0) is 63.9 Å². The second-order valence-electron chi connectivity index (χ2n) is 7.14. The SMILES string of the molecule is Cc1ccc2nc(C)cc(C(=O)O[C@H](C)C(=O)Nc3c(C)cccc3C)c2c1. The van der Waals surface area contributed by atoms with E-state index in [4.69, 9.17) is 4.74 Å². The standard InChI is InChI=1S/C23H24N2O3/c1-13-9-10-20-18(11-13)19(12-16(4)24-20)23(27)28-17(5)22(26)25-21-14(2)7-6-8-15(21)3/h6-12,17H,1-5H3,(H,25,26)/t17-/m1/s1. The topological polar surface area (TPSA) is 68.3 Å². The zero-order valence-electron chi connectivity index (χ0n) is 16.8. The fraction of sp³-hybridized carbons (Fsp3) is 0.261. The van der Waals surface area contributed by atoms with Gasteiger partial charge in [0, 0.05) is 16.8 Å². The van der Waals surface area contributed by atoms with Crippen LogP contribution in [-0.2, 0) is 9.53 Å². The van der Waals surface area contributed by atoms with Crippen LogP contribution in [-0.4, -0.2) is 23.0 Å². The van der Waals surface area contributed by atoms with Gasteiger partial charge in [-0.3, -0.25) is 9.78 Å². The van der Waals surface area contributed by atoms with Crippen LogP contribution in [0.2, 0.25) is 0 Å². The predicted molar refractivity (Wildman–Crippen MR) is 111 cm³/mol. The number of hydrogen-bond donors (Lipinski definition) is 1. The third-order valence-electron chi connectivity index (χ3n) is 4.69. The van der Waals surface area contributed by atoms with E-state index in [1.54, 1.807) is 13.0 Å². The molecule has 0 aliphatic heterocycles. The van der Waals surface area contributed by atoms with Gasteiger partial charge in [-0.1, -0.05) is 29.8 Å². The summed E-state index contributed by atoms with van der Waals surface area (Å²) in [6, 6.07) is 13.2. The number of ether oxygens (including phenoxy) is 1. The quantitative estimate of drug-likeness (QED) is 0.673. The minimum Gasteiger partial charge on any atom is -0.449 e. The molecule has 28 heavy (non-hydrogen) atoms. The van der Waals surface area contributed by atoms with Crippen molar-refractivity contribution in [2.24, 2.45) is 0 Å². The van der Waals surface area contributed by atoms with Gasteiger partial charge in [0.05, 0.1) is 11.1 Å². The second-order valence-corrected chi connectivity index (χ2v) is 7.14. The van der Waals surface area contributed by atoms with Crippen molar-refractivity contribution in [3.63, 3.8) is 0 Å². The molecule has 1 amide bonds. The molecule has 0 aliphatic rings. The van der Waals surface area contributed by atoms with Crippen molar-refractivity contribution in [1.29, 1.82) is 0 Å². The number of carbonyl (C=O) groups excluding carboxylic acids is 2. The summed E-state index contributed by atoms with van der Waals surface area (Å²) in [4.78, 5) is 29.8. The number of carbonyl (C=O) groups is 2. The van der Waals surface area contributed by atoms with Crippen LogP contribution in [0.4, 0.5) is 5.69 Å². The lowest BCUT2D eigenvalue weighted by molar-refractivity contribution is -0.123. The number of hydrogen-bond acceptors (Lipinski definition) is 4. The Kier molecular flexibility index (Phi) is 5.45. The molecule has 0 fully saturated rings. The van der Waals surface area contributed by atoms with Gasteiger partial charge in [-0.25, -0.2) is 4.79 Å². The summed E-state index contributed by atoms with van der Waals surface area (Å²) in [5, 5.41) is 3.58. The average Bonchev–Trinajstić information content (AvgIpc) is 2.64. The maximum atomic E-state index is 12.8. The fourth-order valence-electron chi connectivity index (χ4n) is 3.15. The maximum absolute atomic E-state index is 12.8. The van der Waals surface area contributed by atoms with Gasteiger partial charge in [-0.15, -0.1) is 0 Å². The number of nitrogens with one attached hydrogen (secondary N) is 1. The minimum absolute atomic E-state index is 0.364. The van der Waals surface area contributed by atoms with Crippen LogP contribution >= 0.6 is 0 Å². The Morgan fingerprint density at radius 2 is 1.68 bits per heavy atom. The normalized spacial score (nSPS) is 11.9. The van der Waals surface area contributed by atoms with Gasteiger partial charge in [0.25, 0.3) is 5.91 Å². The monoisotopic (exact) mass is 376 g/mol. The Morgan fingerprint density at radius 1 is 1.00 bits per heavy atom.